The molecule has 0 radical (unpaired) electrons. The molecular formula is C19H22N2O5S. The fraction of sp³-hybridized carbons (Fsp3) is 0.421. The number of furan rings is 1. The Morgan fingerprint density at radius 1 is 1.33 bits per heavy atom. The van der Waals surface area contributed by atoms with Gasteiger partial charge in [-0.25, -0.2) is 4.79 Å². The Morgan fingerprint density at radius 3 is 2.63 bits per heavy atom. The molecule has 3 heterocycles. The molecule has 0 bridgehead atoms. The van der Waals surface area contributed by atoms with Gasteiger partial charge in [-0.15, -0.1) is 11.8 Å². The van der Waals surface area contributed by atoms with Gasteiger partial charge in [0.25, 0.3) is 0 Å². The number of ether oxygens (including phenoxy) is 1. The zero-order valence-corrected chi connectivity index (χ0v) is 16.5. The number of carbonyl (C=O) groups is 3. The SMILES string of the molecule is CC(=O)N1[C@H](C(=O)OCC(=O)c2cc(C)n(C)c2C)CS[C@H]1c1ccco1. The van der Waals surface area contributed by atoms with E-state index in [1.54, 1.807) is 18.2 Å². The lowest BCUT2D eigenvalue weighted by Gasteiger charge is -2.25. The molecule has 8 heteroatoms. The average Bonchev–Trinajstić information content (AvgIpc) is 3.35. The summed E-state index contributed by atoms with van der Waals surface area (Å²) in [7, 11) is 1.88. The van der Waals surface area contributed by atoms with Gasteiger partial charge in [-0.3, -0.25) is 9.59 Å². The van der Waals surface area contributed by atoms with Crippen LogP contribution in [0.2, 0.25) is 0 Å². The number of amides is 1. The summed E-state index contributed by atoms with van der Waals surface area (Å²) in [6, 6.07) is 4.55. The minimum Gasteiger partial charge on any atom is -0.466 e. The number of hydrogen-bond acceptors (Lipinski definition) is 6. The molecule has 0 saturated carbocycles. The Bertz CT molecular complexity index is 871. The molecule has 7 nitrogen and oxygen atoms in total. The van der Waals surface area contributed by atoms with Crippen LogP contribution in [-0.4, -0.2) is 45.5 Å². The standard InChI is InChI=1S/C19H22N2O5S/c1-11-8-14(12(2)20(11)4)16(23)9-26-19(24)15-10-27-18(21(15)13(3)22)17-6-5-7-25-17/h5-8,15,18H,9-10H2,1-4H3/t15-,18-/m0/s1. The number of nitrogens with zero attached hydrogens (tertiary/aromatic N) is 2. The first-order valence-corrected chi connectivity index (χ1v) is 9.62. The first kappa shape index (κ1) is 19.3. The number of Topliss-reactive ketones (excluding diaryl/α,β-unsaturated/α-hetero) is 1. The monoisotopic (exact) mass is 390 g/mol. The van der Waals surface area contributed by atoms with E-state index in [9.17, 15) is 14.4 Å². The lowest BCUT2D eigenvalue weighted by Crippen LogP contribution is -2.43. The largest absolute Gasteiger partial charge is 0.466 e. The predicted octanol–water partition coefficient (Wildman–Crippen LogP) is 2.62. The first-order chi connectivity index (χ1) is 12.8. The second-order valence-electron chi connectivity index (χ2n) is 6.52. The zero-order chi connectivity index (χ0) is 19.7. The molecule has 2 aromatic heterocycles. The second-order valence-corrected chi connectivity index (χ2v) is 7.63. The van der Waals surface area contributed by atoms with E-state index < -0.39 is 12.0 Å². The van der Waals surface area contributed by atoms with Gasteiger partial charge in [0, 0.05) is 36.7 Å². The van der Waals surface area contributed by atoms with Gasteiger partial charge in [0.1, 0.15) is 17.2 Å². The van der Waals surface area contributed by atoms with Crippen molar-refractivity contribution >= 4 is 29.4 Å². The summed E-state index contributed by atoms with van der Waals surface area (Å²) in [6.45, 7) is 4.82. The highest BCUT2D eigenvalue weighted by Gasteiger charge is 2.43. The summed E-state index contributed by atoms with van der Waals surface area (Å²) >= 11 is 1.43. The molecule has 0 aliphatic carbocycles. The summed E-state index contributed by atoms with van der Waals surface area (Å²) in [5.74, 6) is -0.0831. The summed E-state index contributed by atoms with van der Waals surface area (Å²) in [5, 5.41) is -0.371. The molecule has 0 N–H and O–H groups in total. The number of carbonyl (C=O) groups excluding carboxylic acids is 3. The lowest BCUT2D eigenvalue weighted by atomic mass is 10.1. The van der Waals surface area contributed by atoms with Crippen LogP contribution in [0.3, 0.4) is 0 Å². The Balaban J connectivity index is 1.67. The fourth-order valence-electron chi connectivity index (χ4n) is 3.17. The molecule has 0 aromatic carbocycles. The van der Waals surface area contributed by atoms with Crippen LogP contribution in [0.1, 0.15) is 39.8 Å². The molecule has 1 aliphatic heterocycles. The highest BCUT2D eigenvalue weighted by Crippen LogP contribution is 2.41. The van der Waals surface area contributed by atoms with Gasteiger partial charge >= 0.3 is 5.97 Å². The number of hydrogen-bond donors (Lipinski definition) is 0. The second kappa shape index (κ2) is 7.64. The van der Waals surface area contributed by atoms with Crippen LogP contribution in [0.5, 0.6) is 0 Å². The van der Waals surface area contributed by atoms with Gasteiger partial charge in [-0.1, -0.05) is 0 Å². The first-order valence-electron chi connectivity index (χ1n) is 8.58. The summed E-state index contributed by atoms with van der Waals surface area (Å²) < 4.78 is 12.6. The highest BCUT2D eigenvalue weighted by molar-refractivity contribution is 7.99. The number of esters is 1. The molecule has 0 spiro atoms. The van der Waals surface area contributed by atoms with Gasteiger partial charge < -0.3 is 18.6 Å². The maximum atomic E-state index is 12.6. The predicted molar refractivity (Wildman–Crippen MR) is 100 cm³/mol. The van der Waals surface area contributed by atoms with Gasteiger partial charge in [0.2, 0.25) is 11.7 Å². The van der Waals surface area contributed by atoms with Crippen LogP contribution < -0.4 is 0 Å². The molecule has 27 heavy (non-hydrogen) atoms. The quantitative estimate of drug-likeness (QED) is 0.577. The van der Waals surface area contributed by atoms with Crippen LogP contribution >= 0.6 is 11.8 Å². The molecule has 2 atom stereocenters. The average molecular weight is 390 g/mol. The van der Waals surface area contributed by atoms with Crippen molar-refractivity contribution in [3.63, 3.8) is 0 Å². The third-order valence-corrected chi connectivity index (χ3v) is 6.13. The molecule has 3 rings (SSSR count). The van der Waals surface area contributed by atoms with E-state index in [-0.39, 0.29) is 23.7 Å². The third-order valence-electron chi connectivity index (χ3n) is 4.84. The molecular weight excluding hydrogens is 368 g/mol. The number of rotatable bonds is 5. The van der Waals surface area contributed by atoms with Crippen molar-refractivity contribution in [1.29, 1.82) is 0 Å². The molecule has 2 aromatic rings. The van der Waals surface area contributed by atoms with E-state index in [4.69, 9.17) is 9.15 Å². The van der Waals surface area contributed by atoms with Crippen LogP contribution in [0.25, 0.3) is 0 Å². The van der Waals surface area contributed by atoms with Gasteiger partial charge in [0.15, 0.2) is 6.61 Å². The van der Waals surface area contributed by atoms with E-state index in [2.05, 4.69) is 0 Å². The molecule has 144 valence electrons. The van der Waals surface area contributed by atoms with Crippen LogP contribution in [0.4, 0.5) is 0 Å². The molecule has 1 fully saturated rings. The molecule has 0 unspecified atom stereocenters. The highest BCUT2D eigenvalue weighted by atomic mass is 32.2. The Labute approximate surface area is 161 Å². The fourth-order valence-corrected chi connectivity index (χ4v) is 4.59. The minimum atomic E-state index is -0.742. The third kappa shape index (κ3) is 3.66. The van der Waals surface area contributed by atoms with E-state index in [1.807, 2.05) is 25.5 Å². The maximum Gasteiger partial charge on any atom is 0.330 e. The van der Waals surface area contributed by atoms with Crippen LogP contribution in [0.15, 0.2) is 28.9 Å². The zero-order valence-electron chi connectivity index (χ0n) is 15.7. The summed E-state index contributed by atoms with van der Waals surface area (Å²) in [5.41, 5.74) is 2.33. The number of thioether (sulfide) groups is 1. The Morgan fingerprint density at radius 2 is 2.07 bits per heavy atom. The number of ketones is 1. The van der Waals surface area contributed by atoms with Gasteiger partial charge in [0.05, 0.1) is 6.26 Å². The van der Waals surface area contributed by atoms with Crippen molar-refractivity contribution in [1.82, 2.24) is 9.47 Å². The van der Waals surface area contributed by atoms with Crippen LogP contribution in [0, 0.1) is 13.8 Å². The normalized spacial score (nSPS) is 19.3. The van der Waals surface area contributed by atoms with Gasteiger partial charge in [-0.2, -0.15) is 0 Å². The van der Waals surface area contributed by atoms with Gasteiger partial charge in [-0.05, 0) is 32.0 Å². The van der Waals surface area contributed by atoms with E-state index >= 15 is 0 Å². The number of aryl methyl sites for hydroxylation is 1. The minimum absolute atomic E-state index is 0.246. The summed E-state index contributed by atoms with van der Waals surface area (Å²) in [6.07, 6.45) is 1.53. The van der Waals surface area contributed by atoms with E-state index in [0.717, 1.165) is 11.4 Å². The summed E-state index contributed by atoms with van der Waals surface area (Å²) in [4.78, 5) is 38.5. The Hall–Kier alpha value is -2.48. The van der Waals surface area contributed by atoms with E-state index in [0.29, 0.717) is 17.1 Å². The van der Waals surface area contributed by atoms with E-state index in [1.165, 1.54) is 29.8 Å². The Kier molecular flexibility index (Phi) is 5.46. The smallest absolute Gasteiger partial charge is 0.330 e. The van der Waals surface area contributed by atoms with Crippen molar-refractivity contribution in [2.75, 3.05) is 12.4 Å². The van der Waals surface area contributed by atoms with Crippen molar-refractivity contribution in [3.05, 3.63) is 47.2 Å². The molecule has 1 saturated heterocycles. The number of aromatic nitrogens is 1. The van der Waals surface area contributed by atoms with Crippen molar-refractivity contribution in [2.24, 2.45) is 7.05 Å². The molecule has 1 aliphatic rings. The van der Waals surface area contributed by atoms with Crippen molar-refractivity contribution in [2.45, 2.75) is 32.2 Å². The topological polar surface area (TPSA) is 81.8 Å². The van der Waals surface area contributed by atoms with Crippen LogP contribution in [-0.2, 0) is 21.4 Å². The molecule has 1 amide bonds. The van der Waals surface area contributed by atoms with Crippen molar-refractivity contribution < 1.29 is 23.5 Å². The maximum absolute atomic E-state index is 12.6. The van der Waals surface area contributed by atoms with Crippen molar-refractivity contribution in [3.8, 4) is 0 Å². The lowest BCUT2D eigenvalue weighted by molar-refractivity contribution is -0.152.